The Labute approximate surface area is 115 Å². The van der Waals surface area contributed by atoms with E-state index >= 15 is 0 Å². The van der Waals surface area contributed by atoms with Gasteiger partial charge in [-0.3, -0.25) is 4.79 Å². The predicted molar refractivity (Wildman–Crippen MR) is 76.3 cm³/mol. The molecule has 1 aliphatic rings. The second-order valence-electron chi connectivity index (χ2n) is 5.79. The lowest BCUT2D eigenvalue weighted by molar-refractivity contribution is -0.0323. The zero-order valence-corrected chi connectivity index (χ0v) is 12.0. The van der Waals surface area contributed by atoms with Crippen molar-refractivity contribution in [2.45, 2.75) is 45.3 Å². The first-order valence-electron chi connectivity index (χ1n) is 7.00. The van der Waals surface area contributed by atoms with Gasteiger partial charge in [-0.25, -0.2) is 0 Å². The molecule has 1 heterocycles. The fourth-order valence-electron chi connectivity index (χ4n) is 2.71. The van der Waals surface area contributed by atoms with Crippen LogP contribution in [0.25, 0.3) is 0 Å². The van der Waals surface area contributed by atoms with Gasteiger partial charge in [0.15, 0.2) is 5.78 Å². The number of aliphatic hydroxyl groups is 1. The Hall–Kier alpha value is -1.19. The van der Waals surface area contributed by atoms with Crippen LogP contribution in [0.1, 0.15) is 49.5 Å². The summed E-state index contributed by atoms with van der Waals surface area (Å²) in [6, 6.07) is 7.93. The number of rotatable bonds is 3. The van der Waals surface area contributed by atoms with Crippen molar-refractivity contribution in [1.29, 1.82) is 0 Å². The van der Waals surface area contributed by atoms with Gasteiger partial charge in [-0.1, -0.05) is 24.3 Å². The molecule has 0 atom stereocenters. The summed E-state index contributed by atoms with van der Waals surface area (Å²) < 4.78 is 0. The van der Waals surface area contributed by atoms with Crippen molar-refractivity contribution in [3.8, 4) is 0 Å². The van der Waals surface area contributed by atoms with Gasteiger partial charge in [-0.2, -0.15) is 0 Å². The second kappa shape index (κ2) is 5.43. The SMILES string of the molecule is CC(=O)c1ccc(C2(O)CCN(C(C)C)CC2)cc1. The molecule has 1 aliphatic heterocycles. The largest absolute Gasteiger partial charge is 0.385 e. The molecule has 1 N–H and O–H groups in total. The van der Waals surface area contributed by atoms with E-state index in [1.165, 1.54) is 0 Å². The molecule has 1 aromatic rings. The van der Waals surface area contributed by atoms with Crippen LogP contribution in [0.15, 0.2) is 24.3 Å². The quantitative estimate of drug-likeness (QED) is 0.850. The number of nitrogens with zero attached hydrogens (tertiary/aromatic N) is 1. The van der Waals surface area contributed by atoms with Crippen LogP contribution in [0.4, 0.5) is 0 Å². The molecule has 0 bridgehead atoms. The molecule has 0 saturated carbocycles. The summed E-state index contributed by atoms with van der Waals surface area (Å²) in [5.41, 5.74) is 0.897. The minimum absolute atomic E-state index is 0.0631. The summed E-state index contributed by atoms with van der Waals surface area (Å²) in [7, 11) is 0. The summed E-state index contributed by atoms with van der Waals surface area (Å²) >= 11 is 0. The number of piperidine rings is 1. The molecular weight excluding hydrogens is 238 g/mol. The van der Waals surface area contributed by atoms with Gasteiger partial charge in [-0.15, -0.1) is 0 Å². The maximum atomic E-state index is 11.3. The molecule has 2 rings (SSSR count). The van der Waals surface area contributed by atoms with Gasteiger partial charge in [0, 0.05) is 24.7 Å². The number of Topliss-reactive ketones (excluding diaryl/α,β-unsaturated/α-hetero) is 1. The fourth-order valence-corrected chi connectivity index (χ4v) is 2.71. The summed E-state index contributed by atoms with van der Waals surface area (Å²) in [6.45, 7) is 7.77. The zero-order valence-electron chi connectivity index (χ0n) is 12.0. The maximum Gasteiger partial charge on any atom is 0.159 e. The first-order chi connectivity index (χ1) is 8.92. The molecule has 0 aliphatic carbocycles. The Bertz CT molecular complexity index is 442. The first-order valence-corrected chi connectivity index (χ1v) is 7.00. The van der Waals surface area contributed by atoms with Gasteiger partial charge < -0.3 is 10.0 Å². The highest BCUT2D eigenvalue weighted by Crippen LogP contribution is 2.33. The van der Waals surface area contributed by atoms with Crippen LogP contribution >= 0.6 is 0 Å². The summed E-state index contributed by atoms with van der Waals surface area (Å²) in [4.78, 5) is 13.6. The highest BCUT2D eigenvalue weighted by molar-refractivity contribution is 5.94. The molecular formula is C16H23NO2. The number of carbonyl (C=O) groups excluding carboxylic acids is 1. The molecule has 0 amide bonds. The molecule has 3 heteroatoms. The van der Waals surface area contributed by atoms with E-state index in [0.717, 1.165) is 31.5 Å². The van der Waals surface area contributed by atoms with Crippen LogP contribution in [-0.2, 0) is 5.60 Å². The van der Waals surface area contributed by atoms with Crippen LogP contribution in [0.3, 0.4) is 0 Å². The third-order valence-electron chi connectivity index (χ3n) is 4.18. The lowest BCUT2D eigenvalue weighted by atomic mass is 9.83. The van der Waals surface area contributed by atoms with Gasteiger partial charge in [0.25, 0.3) is 0 Å². The second-order valence-corrected chi connectivity index (χ2v) is 5.79. The Morgan fingerprint density at radius 1 is 1.21 bits per heavy atom. The molecule has 0 radical (unpaired) electrons. The Kier molecular flexibility index (Phi) is 4.07. The van der Waals surface area contributed by atoms with Crippen LogP contribution in [0, 0.1) is 0 Å². The zero-order chi connectivity index (χ0) is 14.0. The van der Waals surface area contributed by atoms with Gasteiger partial charge >= 0.3 is 0 Å². The summed E-state index contributed by atoms with van der Waals surface area (Å²) in [5.74, 6) is 0.0631. The molecule has 104 valence electrons. The van der Waals surface area contributed by atoms with E-state index in [9.17, 15) is 9.90 Å². The normalized spacial score (nSPS) is 19.6. The van der Waals surface area contributed by atoms with Crippen molar-refractivity contribution < 1.29 is 9.90 Å². The van der Waals surface area contributed by atoms with E-state index in [1.807, 2.05) is 24.3 Å². The Morgan fingerprint density at radius 2 is 1.74 bits per heavy atom. The Balaban J connectivity index is 2.11. The average Bonchev–Trinajstić information content (AvgIpc) is 2.39. The molecule has 1 aromatic carbocycles. The monoisotopic (exact) mass is 261 g/mol. The predicted octanol–water partition coefficient (Wildman–Crippen LogP) is 2.58. The van der Waals surface area contributed by atoms with Gasteiger partial charge in [-0.05, 0) is 39.2 Å². The number of hydrogen-bond donors (Lipinski definition) is 1. The highest BCUT2D eigenvalue weighted by atomic mass is 16.3. The third-order valence-corrected chi connectivity index (χ3v) is 4.18. The third kappa shape index (κ3) is 3.04. The minimum atomic E-state index is -0.735. The van der Waals surface area contributed by atoms with E-state index in [4.69, 9.17) is 0 Å². The van der Waals surface area contributed by atoms with Gasteiger partial charge in [0.2, 0.25) is 0 Å². The Morgan fingerprint density at radius 3 is 2.16 bits per heavy atom. The standard InChI is InChI=1S/C16H23NO2/c1-12(2)17-10-8-16(19,9-11-17)15-6-4-14(5-7-15)13(3)18/h4-7,12,19H,8-11H2,1-3H3. The van der Waals surface area contributed by atoms with E-state index in [2.05, 4.69) is 18.7 Å². The van der Waals surface area contributed by atoms with Gasteiger partial charge in [0.1, 0.15) is 0 Å². The maximum absolute atomic E-state index is 11.3. The van der Waals surface area contributed by atoms with Crippen molar-refractivity contribution in [2.75, 3.05) is 13.1 Å². The van der Waals surface area contributed by atoms with Crippen molar-refractivity contribution in [3.05, 3.63) is 35.4 Å². The average molecular weight is 261 g/mol. The van der Waals surface area contributed by atoms with Crippen molar-refractivity contribution >= 4 is 5.78 Å². The highest BCUT2D eigenvalue weighted by Gasteiger charge is 2.34. The molecule has 1 saturated heterocycles. The smallest absolute Gasteiger partial charge is 0.159 e. The van der Waals surface area contributed by atoms with E-state index in [0.29, 0.717) is 11.6 Å². The van der Waals surface area contributed by atoms with Crippen LogP contribution in [0.5, 0.6) is 0 Å². The fraction of sp³-hybridized carbons (Fsp3) is 0.562. The lowest BCUT2D eigenvalue weighted by Crippen LogP contribution is -2.45. The molecule has 0 aromatic heterocycles. The van der Waals surface area contributed by atoms with Crippen molar-refractivity contribution in [1.82, 2.24) is 4.90 Å². The number of hydrogen-bond acceptors (Lipinski definition) is 3. The summed E-state index contributed by atoms with van der Waals surface area (Å²) in [5, 5.41) is 10.8. The van der Waals surface area contributed by atoms with E-state index in [-0.39, 0.29) is 5.78 Å². The summed E-state index contributed by atoms with van der Waals surface area (Å²) in [6.07, 6.45) is 1.51. The topological polar surface area (TPSA) is 40.5 Å². The number of ketones is 1. The van der Waals surface area contributed by atoms with E-state index < -0.39 is 5.60 Å². The number of carbonyl (C=O) groups is 1. The lowest BCUT2D eigenvalue weighted by Gasteiger charge is -2.40. The molecule has 0 unspecified atom stereocenters. The van der Waals surface area contributed by atoms with Crippen LogP contribution in [-0.4, -0.2) is 34.9 Å². The molecule has 19 heavy (non-hydrogen) atoms. The molecule has 0 spiro atoms. The van der Waals surface area contributed by atoms with Crippen LogP contribution in [0.2, 0.25) is 0 Å². The molecule has 3 nitrogen and oxygen atoms in total. The number of likely N-dealkylation sites (tertiary alicyclic amines) is 1. The van der Waals surface area contributed by atoms with E-state index in [1.54, 1.807) is 6.92 Å². The van der Waals surface area contributed by atoms with Crippen LogP contribution < -0.4 is 0 Å². The first kappa shape index (κ1) is 14.2. The minimum Gasteiger partial charge on any atom is -0.385 e. The van der Waals surface area contributed by atoms with Gasteiger partial charge in [0.05, 0.1) is 5.60 Å². The van der Waals surface area contributed by atoms with Crippen molar-refractivity contribution in [3.63, 3.8) is 0 Å². The molecule has 1 fully saturated rings. The number of benzene rings is 1. The van der Waals surface area contributed by atoms with Crippen molar-refractivity contribution in [2.24, 2.45) is 0 Å².